The van der Waals surface area contributed by atoms with E-state index in [0.717, 1.165) is 37.9 Å². The predicted octanol–water partition coefficient (Wildman–Crippen LogP) is 4.51. The van der Waals surface area contributed by atoms with E-state index >= 15 is 0 Å². The fourth-order valence-corrected chi connectivity index (χ4v) is 3.68. The maximum absolute atomic E-state index is 12.8. The molecule has 146 valence electrons. The van der Waals surface area contributed by atoms with Gasteiger partial charge in [0.2, 0.25) is 0 Å². The highest BCUT2D eigenvalue weighted by molar-refractivity contribution is 5.97. The highest BCUT2D eigenvalue weighted by atomic mass is 16.5. The number of para-hydroxylation sites is 1. The van der Waals surface area contributed by atoms with Crippen LogP contribution in [0.2, 0.25) is 0 Å². The predicted molar refractivity (Wildman–Crippen MR) is 107 cm³/mol. The summed E-state index contributed by atoms with van der Waals surface area (Å²) in [5.74, 6) is 1.45. The van der Waals surface area contributed by atoms with Gasteiger partial charge in [-0.25, -0.2) is 0 Å². The molecule has 5 nitrogen and oxygen atoms in total. The van der Waals surface area contributed by atoms with Crippen LogP contribution in [-0.4, -0.2) is 37.6 Å². The topological polar surface area (TPSA) is 51.9 Å². The molecule has 0 bridgehead atoms. The van der Waals surface area contributed by atoms with Crippen LogP contribution in [0.3, 0.4) is 0 Å². The van der Waals surface area contributed by atoms with Crippen LogP contribution in [0.5, 0.6) is 5.75 Å². The molecule has 1 aliphatic rings. The number of fused-ring (bicyclic) bond motifs is 1. The number of furan rings is 1. The van der Waals surface area contributed by atoms with E-state index in [-0.39, 0.29) is 5.91 Å². The molecule has 0 unspecified atom stereocenters. The molecule has 3 aromatic rings. The summed E-state index contributed by atoms with van der Waals surface area (Å²) in [6.07, 6.45) is 1.90. The summed E-state index contributed by atoms with van der Waals surface area (Å²) in [5, 5.41) is 0.881. The highest BCUT2D eigenvalue weighted by Gasteiger charge is 2.26. The van der Waals surface area contributed by atoms with E-state index in [9.17, 15) is 4.79 Å². The van der Waals surface area contributed by atoms with E-state index in [4.69, 9.17) is 13.9 Å². The lowest BCUT2D eigenvalue weighted by atomic mass is 9.97. The Balaban J connectivity index is 1.30. The molecule has 0 N–H and O–H groups in total. The van der Waals surface area contributed by atoms with Gasteiger partial charge in [-0.1, -0.05) is 42.5 Å². The van der Waals surface area contributed by atoms with Crippen LogP contribution in [0.15, 0.2) is 59.0 Å². The van der Waals surface area contributed by atoms with E-state index < -0.39 is 0 Å². The van der Waals surface area contributed by atoms with Crippen molar-refractivity contribution in [1.82, 2.24) is 4.90 Å². The van der Waals surface area contributed by atoms with Crippen molar-refractivity contribution in [3.8, 4) is 5.75 Å². The van der Waals surface area contributed by atoms with Crippen molar-refractivity contribution in [3.63, 3.8) is 0 Å². The minimum absolute atomic E-state index is 0.0538. The van der Waals surface area contributed by atoms with E-state index in [1.54, 1.807) is 13.2 Å². The lowest BCUT2D eigenvalue weighted by molar-refractivity contribution is 0.0462. The monoisotopic (exact) mass is 379 g/mol. The maximum atomic E-state index is 12.8. The zero-order valence-electron chi connectivity index (χ0n) is 16.1. The van der Waals surface area contributed by atoms with Gasteiger partial charge >= 0.3 is 0 Å². The van der Waals surface area contributed by atoms with Crippen LogP contribution in [-0.2, 0) is 11.3 Å². The minimum atomic E-state index is -0.0538. The molecule has 2 heterocycles. The first-order valence-corrected chi connectivity index (χ1v) is 9.72. The van der Waals surface area contributed by atoms with Crippen LogP contribution in [0, 0.1) is 5.92 Å². The minimum Gasteiger partial charge on any atom is -0.493 e. The number of carbonyl (C=O) groups excluding carboxylic acids is 1. The average Bonchev–Trinajstić information content (AvgIpc) is 3.19. The summed E-state index contributed by atoms with van der Waals surface area (Å²) < 4.78 is 17.0. The Bertz CT molecular complexity index is 926. The lowest BCUT2D eigenvalue weighted by Gasteiger charge is -2.31. The molecule has 28 heavy (non-hydrogen) atoms. The quantitative estimate of drug-likeness (QED) is 0.632. The maximum Gasteiger partial charge on any atom is 0.289 e. The first kappa shape index (κ1) is 18.6. The number of piperidine rings is 1. The van der Waals surface area contributed by atoms with E-state index in [1.807, 2.05) is 41.3 Å². The van der Waals surface area contributed by atoms with Gasteiger partial charge < -0.3 is 18.8 Å². The van der Waals surface area contributed by atoms with Gasteiger partial charge in [0.05, 0.1) is 13.7 Å². The summed E-state index contributed by atoms with van der Waals surface area (Å²) in [4.78, 5) is 14.7. The van der Waals surface area contributed by atoms with Gasteiger partial charge in [0.25, 0.3) is 5.91 Å². The molecule has 0 atom stereocenters. The SMILES string of the molecule is COc1cccc2cc(C(=O)N3CCC(COCc4ccccc4)CC3)oc12. The number of rotatable bonds is 6. The Morgan fingerprint density at radius 1 is 1.11 bits per heavy atom. The molecule has 1 aromatic heterocycles. The highest BCUT2D eigenvalue weighted by Crippen LogP contribution is 2.29. The zero-order valence-corrected chi connectivity index (χ0v) is 16.1. The summed E-state index contributed by atoms with van der Waals surface area (Å²) >= 11 is 0. The summed E-state index contributed by atoms with van der Waals surface area (Å²) in [6.45, 7) is 2.83. The number of ether oxygens (including phenoxy) is 2. The van der Waals surface area contributed by atoms with Crippen LogP contribution >= 0.6 is 0 Å². The lowest BCUT2D eigenvalue weighted by Crippen LogP contribution is -2.39. The molecule has 0 spiro atoms. The van der Waals surface area contributed by atoms with Crippen LogP contribution in [0.25, 0.3) is 11.0 Å². The van der Waals surface area contributed by atoms with Gasteiger partial charge in [0.15, 0.2) is 17.1 Å². The molecule has 5 heteroatoms. The standard InChI is InChI=1S/C23H25NO4/c1-26-20-9-5-8-19-14-21(28-22(19)20)23(25)24-12-10-18(11-13-24)16-27-15-17-6-3-2-4-7-17/h2-9,14,18H,10-13,15-16H2,1H3. The van der Waals surface area contributed by atoms with Gasteiger partial charge in [-0.3, -0.25) is 4.79 Å². The fourth-order valence-electron chi connectivity index (χ4n) is 3.68. The van der Waals surface area contributed by atoms with Crippen molar-refractivity contribution in [1.29, 1.82) is 0 Å². The van der Waals surface area contributed by atoms with Crippen molar-refractivity contribution >= 4 is 16.9 Å². The van der Waals surface area contributed by atoms with Crippen molar-refractivity contribution in [2.24, 2.45) is 5.92 Å². The largest absolute Gasteiger partial charge is 0.493 e. The number of likely N-dealkylation sites (tertiary alicyclic amines) is 1. The number of carbonyl (C=O) groups is 1. The second-order valence-corrected chi connectivity index (χ2v) is 7.23. The normalized spacial score (nSPS) is 15.1. The number of methoxy groups -OCH3 is 1. The average molecular weight is 379 g/mol. The van der Waals surface area contributed by atoms with Gasteiger partial charge in [0.1, 0.15) is 0 Å². The summed E-state index contributed by atoms with van der Waals surface area (Å²) in [7, 11) is 1.60. The second kappa shape index (κ2) is 8.48. The molecule has 1 saturated heterocycles. The van der Waals surface area contributed by atoms with Crippen molar-refractivity contribution in [3.05, 3.63) is 65.9 Å². The second-order valence-electron chi connectivity index (χ2n) is 7.23. The van der Waals surface area contributed by atoms with Crippen LogP contribution in [0.1, 0.15) is 29.0 Å². The van der Waals surface area contributed by atoms with Gasteiger partial charge in [-0.2, -0.15) is 0 Å². The Morgan fingerprint density at radius 2 is 1.89 bits per heavy atom. The smallest absolute Gasteiger partial charge is 0.289 e. The van der Waals surface area contributed by atoms with Crippen molar-refractivity contribution < 1.29 is 18.7 Å². The Hall–Kier alpha value is -2.79. The van der Waals surface area contributed by atoms with Gasteiger partial charge in [-0.15, -0.1) is 0 Å². The molecule has 1 fully saturated rings. The van der Waals surface area contributed by atoms with E-state index in [2.05, 4.69) is 12.1 Å². The number of hydrogen-bond donors (Lipinski definition) is 0. The zero-order chi connectivity index (χ0) is 19.3. The van der Waals surface area contributed by atoms with Crippen LogP contribution in [0.4, 0.5) is 0 Å². The third-order valence-electron chi connectivity index (χ3n) is 5.31. The van der Waals surface area contributed by atoms with Crippen LogP contribution < -0.4 is 4.74 Å². The number of nitrogens with zero attached hydrogens (tertiary/aromatic N) is 1. The van der Waals surface area contributed by atoms with Gasteiger partial charge in [0, 0.05) is 25.1 Å². The first-order valence-electron chi connectivity index (χ1n) is 9.72. The number of amides is 1. The molecule has 0 aliphatic carbocycles. The third-order valence-corrected chi connectivity index (χ3v) is 5.31. The molecule has 1 aliphatic heterocycles. The molecule has 0 radical (unpaired) electrons. The molecule has 1 amide bonds. The Labute approximate surface area is 164 Å². The van der Waals surface area contributed by atoms with E-state index in [1.165, 1.54) is 5.56 Å². The molecule has 0 saturated carbocycles. The van der Waals surface area contributed by atoms with Gasteiger partial charge in [-0.05, 0) is 36.5 Å². The summed E-state index contributed by atoms with van der Waals surface area (Å²) in [5.41, 5.74) is 1.81. The number of benzene rings is 2. The third kappa shape index (κ3) is 4.04. The number of hydrogen-bond acceptors (Lipinski definition) is 4. The fraction of sp³-hybridized carbons (Fsp3) is 0.348. The molecular formula is C23H25NO4. The Kier molecular flexibility index (Phi) is 5.63. The van der Waals surface area contributed by atoms with Crippen molar-refractivity contribution in [2.45, 2.75) is 19.4 Å². The van der Waals surface area contributed by atoms with Crippen molar-refractivity contribution in [2.75, 3.05) is 26.8 Å². The summed E-state index contributed by atoms with van der Waals surface area (Å²) in [6, 6.07) is 17.7. The Morgan fingerprint density at radius 3 is 2.64 bits per heavy atom. The molecular weight excluding hydrogens is 354 g/mol. The first-order chi connectivity index (χ1) is 13.7. The molecule has 4 rings (SSSR count). The van der Waals surface area contributed by atoms with E-state index in [0.29, 0.717) is 29.6 Å². The molecule has 2 aromatic carbocycles.